The molecule has 0 radical (unpaired) electrons. The Hall–Kier alpha value is -2.69. The van der Waals surface area contributed by atoms with Crippen LogP contribution < -0.4 is 5.32 Å². The zero-order chi connectivity index (χ0) is 16.6. The smallest absolute Gasteiger partial charge is 0.321 e. The number of nitrogens with one attached hydrogen (secondary N) is 1. The first-order valence-corrected chi connectivity index (χ1v) is 8.38. The van der Waals surface area contributed by atoms with E-state index in [1.54, 1.807) is 6.21 Å². The minimum atomic E-state index is -0.731. The number of benzene rings is 2. The molecule has 1 saturated carbocycles. The average molecular weight is 321 g/mol. The minimum absolute atomic E-state index is 0.219. The van der Waals surface area contributed by atoms with Gasteiger partial charge in [-0.3, -0.25) is 4.79 Å². The molecule has 4 rings (SSSR count). The average Bonchev–Trinajstić information content (AvgIpc) is 2.84. The van der Waals surface area contributed by atoms with E-state index in [1.165, 1.54) is 0 Å². The third kappa shape index (κ3) is 2.37. The molecule has 1 heterocycles. The second-order valence-electron chi connectivity index (χ2n) is 6.50. The Morgan fingerprint density at radius 2 is 1.75 bits per heavy atom. The van der Waals surface area contributed by atoms with Crippen molar-refractivity contribution in [3.05, 3.63) is 48.0 Å². The molecule has 5 heteroatoms. The van der Waals surface area contributed by atoms with Gasteiger partial charge in [-0.1, -0.05) is 61.7 Å². The first kappa shape index (κ1) is 14.9. The van der Waals surface area contributed by atoms with E-state index >= 15 is 0 Å². The quantitative estimate of drug-likeness (QED) is 0.680. The number of nitrogens with zero attached hydrogens (tertiary/aromatic N) is 2. The summed E-state index contributed by atoms with van der Waals surface area (Å²) in [5, 5.41) is 10.2. The number of imide groups is 1. The number of carbonyl (C=O) groups is 2. The molecule has 24 heavy (non-hydrogen) atoms. The van der Waals surface area contributed by atoms with Gasteiger partial charge in [-0.15, -0.1) is 5.01 Å². The predicted molar refractivity (Wildman–Crippen MR) is 92.7 cm³/mol. The Labute approximate surface area is 140 Å². The highest BCUT2D eigenvalue weighted by molar-refractivity contribution is 6.08. The van der Waals surface area contributed by atoms with Gasteiger partial charge in [0.25, 0.3) is 5.91 Å². The maximum atomic E-state index is 12.7. The molecule has 0 bridgehead atoms. The minimum Gasteiger partial charge on any atom is -0.321 e. The van der Waals surface area contributed by atoms with Crippen LogP contribution in [0.5, 0.6) is 0 Å². The second-order valence-corrected chi connectivity index (χ2v) is 6.50. The van der Waals surface area contributed by atoms with Crippen molar-refractivity contribution in [2.75, 3.05) is 0 Å². The molecule has 1 saturated heterocycles. The fraction of sp³-hybridized carbons (Fsp3) is 0.316. The van der Waals surface area contributed by atoms with Gasteiger partial charge in [0.05, 0.1) is 6.21 Å². The van der Waals surface area contributed by atoms with Crippen molar-refractivity contribution in [1.82, 2.24) is 10.3 Å². The molecule has 5 nitrogen and oxygen atoms in total. The summed E-state index contributed by atoms with van der Waals surface area (Å²) in [7, 11) is 0. The van der Waals surface area contributed by atoms with E-state index < -0.39 is 11.6 Å². The monoisotopic (exact) mass is 321 g/mol. The lowest BCUT2D eigenvalue weighted by molar-refractivity contribution is -0.132. The summed E-state index contributed by atoms with van der Waals surface area (Å²) in [4.78, 5) is 24.9. The number of urea groups is 1. The number of fused-ring (bicyclic) bond motifs is 1. The highest BCUT2D eigenvalue weighted by Crippen LogP contribution is 2.33. The molecule has 0 aromatic heterocycles. The first-order chi connectivity index (χ1) is 11.7. The van der Waals surface area contributed by atoms with Crippen LogP contribution in [-0.2, 0) is 4.79 Å². The predicted octanol–water partition coefficient (Wildman–Crippen LogP) is 3.43. The van der Waals surface area contributed by atoms with Crippen LogP contribution >= 0.6 is 0 Å². The van der Waals surface area contributed by atoms with Crippen LogP contribution in [0.1, 0.15) is 37.7 Å². The van der Waals surface area contributed by atoms with Gasteiger partial charge in [-0.25, -0.2) is 4.79 Å². The third-order valence-electron chi connectivity index (χ3n) is 4.98. The largest absolute Gasteiger partial charge is 0.346 e. The molecule has 2 fully saturated rings. The van der Waals surface area contributed by atoms with E-state index in [-0.39, 0.29) is 5.91 Å². The van der Waals surface area contributed by atoms with Crippen molar-refractivity contribution in [3.63, 3.8) is 0 Å². The van der Waals surface area contributed by atoms with Crippen molar-refractivity contribution >= 4 is 28.9 Å². The van der Waals surface area contributed by atoms with Crippen LogP contribution in [0.2, 0.25) is 0 Å². The summed E-state index contributed by atoms with van der Waals surface area (Å²) in [6.07, 6.45) is 6.06. The fourth-order valence-electron chi connectivity index (χ4n) is 3.69. The molecule has 3 amide bonds. The highest BCUT2D eigenvalue weighted by atomic mass is 16.2. The second kappa shape index (κ2) is 5.74. The van der Waals surface area contributed by atoms with Crippen LogP contribution in [0.4, 0.5) is 4.79 Å². The molecular formula is C19H19N3O2. The van der Waals surface area contributed by atoms with Gasteiger partial charge in [0.2, 0.25) is 0 Å². The molecular weight excluding hydrogens is 302 g/mol. The summed E-state index contributed by atoms with van der Waals surface area (Å²) in [6, 6.07) is 13.5. The SMILES string of the molecule is O=C1NC2(CCCCC2)C(=O)N1N=Cc1cccc2ccccc12. The van der Waals surface area contributed by atoms with Crippen LogP contribution in [0.15, 0.2) is 47.6 Å². The number of amides is 3. The molecule has 1 spiro atoms. The van der Waals surface area contributed by atoms with E-state index in [4.69, 9.17) is 0 Å². The van der Waals surface area contributed by atoms with E-state index in [0.717, 1.165) is 40.6 Å². The Morgan fingerprint density at radius 3 is 2.58 bits per heavy atom. The molecule has 122 valence electrons. The van der Waals surface area contributed by atoms with Crippen molar-refractivity contribution in [2.45, 2.75) is 37.6 Å². The molecule has 0 unspecified atom stereocenters. The summed E-state index contributed by atoms with van der Waals surface area (Å²) in [6.45, 7) is 0. The zero-order valence-corrected chi connectivity index (χ0v) is 13.4. The number of rotatable bonds is 2. The Bertz CT molecular complexity index is 832. The number of carbonyl (C=O) groups excluding carboxylic acids is 2. The lowest BCUT2D eigenvalue weighted by Crippen LogP contribution is -2.48. The molecule has 1 N–H and O–H groups in total. The molecule has 0 atom stereocenters. The van der Waals surface area contributed by atoms with Crippen molar-refractivity contribution in [3.8, 4) is 0 Å². The number of hydrazone groups is 1. The number of hydrogen-bond donors (Lipinski definition) is 1. The van der Waals surface area contributed by atoms with Crippen LogP contribution in [0.3, 0.4) is 0 Å². The van der Waals surface area contributed by atoms with Gasteiger partial charge < -0.3 is 5.32 Å². The lowest BCUT2D eigenvalue weighted by atomic mass is 9.82. The molecule has 1 aliphatic heterocycles. The van der Waals surface area contributed by atoms with Gasteiger partial charge in [0.15, 0.2) is 0 Å². The molecule has 2 aromatic rings. The van der Waals surface area contributed by atoms with E-state index in [2.05, 4.69) is 10.4 Å². The highest BCUT2D eigenvalue weighted by Gasteiger charge is 2.51. The van der Waals surface area contributed by atoms with Gasteiger partial charge in [0.1, 0.15) is 5.54 Å². The normalized spacial score (nSPS) is 20.2. The molecule has 2 aromatic carbocycles. The van der Waals surface area contributed by atoms with E-state index in [9.17, 15) is 9.59 Å². The summed E-state index contributed by atoms with van der Waals surface area (Å²) < 4.78 is 0. The van der Waals surface area contributed by atoms with Crippen molar-refractivity contribution < 1.29 is 9.59 Å². The standard InChI is InChI=1S/C19H19N3O2/c23-17-19(11-4-1-5-12-19)21-18(24)22(17)20-13-15-9-6-8-14-7-2-3-10-16(14)15/h2-3,6-10,13H,1,4-5,11-12H2,(H,21,24). The lowest BCUT2D eigenvalue weighted by Gasteiger charge is -2.29. The van der Waals surface area contributed by atoms with Crippen molar-refractivity contribution in [2.24, 2.45) is 5.10 Å². The van der Waals surface area contributed by atoms with Gasteiger partial charge in [-0.2, -0.15) is 5.10 Å². The summed E-state index contributed by atoms with van der Waals surface area (Å²) in [5.41, 5.74) is 0.157. The van der Waals surface area contributed by atoms with Gasteiger partial charge in [0, 0.05) is 5.56 Å². The van der Waals surface area contributed by atoms with Gasteiger partial charge >= 0.3 is 6.03 Å². The van der Waals surface area contributed by atoms with Crippen molar-refractivity contribution in [1.29, 1.82) is 0 Å². The summed E-state index contributed by atoms with van der Waals surface area (Å²) >= 11 is 0. The van der Waals surface area contributed by atoms with Crippen LogP contribution in [0.25, 0.3) is 10.8 Å². The topological polar surface area (TPSA) is 61.8 Å². The Kier molecular flexibility index (Phi) is 3.56. The Balaban J connectivity index is 1.63. The summed E-state index contributed by atoms with van der Waals surface area (Å²) in [5.74, 6) is -0.219. The van der Waals surface area contributed by atoms with Crippen LogP contribution in [-0.4, -0.2) is 28.7 Å². The van der Waals surface area contributed by atoms with E-state index in [0.29, 0.717) is 12.8 Å². The molecule has 2 aliphatic rings. The maximum absolute atomic E-state index is 12.7. The fourth-order valence-corrected chi connectivity index (χ4v) is 3.69. The van der Waals surface area contributed by atoms with Crippen LogP contribution in [0, 0.1) is 0 Å². The van der Waals surface area contributed by atoms with Gasteiger partial charge in [-0.05, 0) is 23.6 Å². The van der Waals surface area contributed by atoms with E-state index in [1.807, 2.05) is 42.5 Å². The Morgan fingerprint density at radius 1 is 1.00 bits per heavy atom. The zero-order valence-electron chi connectivity index (χ0n) is 13.4. The third-order valence-corrected chi connectivity index (χ3v) is 4.98. The number of hydrogen-bond acceptors (Lipinski definition) is 3. The first-order valence-electron chi connectivity index (χ1n) is 8.38. The maximum Gasteiger partial charge on any atom is 0.346 e. The molecule has 1 aliphatic carbocycles.